The summed E-state index contributed by atoms with van der Waals surface area (Å²) in [6.45, 7) is -0.158. The minimum absolute atomic E-state index is 0.0509. The van der Waals surface area contributed by atoms with Gasteiger partial charge in [-0.15, -0.1) is 0 Å². The van der Waals surface area contributed by atoms with Gasteiger partial charge in [0.1, 0.15) is 5.75 Å². The zero-order chi connectivity index (χ0) is 16.1. The Labute approximate surface area is 134 Å². The van der Waals surface area contributed by atoms with Crippen molar-refractivity contribution in [1.82, 2.24) is 10.9 Å². The van der Waals surface area contributed by atoms with Crippen LogP contribution >= 0.6 is 0 Å². The smallest absolute Gasteiger partial charge is 0.276 e. The van der Waals surface area contributed by atoms with Crippen LogP contribution in [0.1, 0.15) is 12.8 Å². The van der Waals surface area contributed by atoms with Gasteiger partial charge in [-0.25, -0.2) is 0 Å². The average molecular weight is 310 g/mol. The molecular formula is C18H18N2O3. The van der Waals surface area contributed by atoms with E-state index in [1.54, 1.807) is 0 Å². The number of hydrazine groups is 1. The first-order chi connectivity index (χ1) is 11.2. The van der Waals surface area contributed by atoms with Crippen LogP contribution in [-0.4, -0.2) is 18.4 Å². The number of para-hydroxylation sites is 1. The number of rotatable bonds is 5. The van der Waals surface area contributed by atoms with Crippen molar-refractivity contribution >= 4 is 11.8 Å². The normalized spacial score (nSPS) is 13.2. The monoisotopic (exact) mass is 310 g/mol. The Balaban J connectivity index is 1.57. The van der Waals surface area contributed by atoms with Crippen molar-refractivity contribution in [3.05, 3.63) is 54.6 Å². The van der Waals surface area contributed by atoms with Gasteiger partial charge in [0, 0.05) is 11.5 Å². The van der Waals surface area contributed by atoms with E-state index in [-0.39, 0.29) is 24.3 Å². The number of hydrogen-bond donors (Lipinski definition) is 2. The molecule has 0 aliphatic heterocycles. The molecule has 0 radical (unpaired) electrons. The number of ether oxygens (including phenoxy) is 1. The molecule has 2 N–H and O–H groups in total. The van der Waals surface area contributed by atoms with Crippen LogP contribution in [0.25, 0.3) is 11.1 Å². The molecule has 1 saturated carbocycles. The van der Waals surface area contributed by atoms with Crippen molar-refractivity contribution < 1.29 is 14.3 Å². The van der Waals surface area contributed by atoms with Gasteiger partial charge in [0.15, 0.2) is 6.61 Å². The van der Waals surface area contributed by atoms with Crippen LogP contribution in [0, 0.1) is 5.92 Å². The summed E-state index contributed by atoms with van der Waals surface area (Å²) in [4.78, 5) is 23.2. The third-order valence-electron chi connectivity index (χ3n) is 3.60. The van der Waals surface area contributed by atoms with E-state index < -0.39 is 0 Å². The Morgan fingerprint density at radius 3 is 2.39 bits per heavy atom. The van der Waals surface area contributed by atoms with Gasteiger partial charge in [0.2, 0.25) is 5.91 Å². The highest BCUT2D eigenvalue weighted by molar-refractivity contribution is 5.85. The lowest BCUT2D eigenvalue weighted by Gasteiger charge is -2.12. The van der Waals surface area contributed by atoms with E-state index in [0.717, 1.165) is 24.0 Å². The van der Waals surface area contributed by atoms with Crippen LogP contribution in [0.15, 0.2) is 54.6 Å². The Bertz CT molecular complexity index is 696. The highest BCUT2D eigenvalue weighted by Gasteiger charge is 2.29. The summed E-state index contributed by atoms with van der Waals surface area (Å²) in [5.74, 6) is 0.155. The van der Waals surface area contributed by atoms with Crippen LogP contribution in [0.4, 0.5) is 0 Å². The maximum atomic E-state index is 11.8. The summed E-state index contributed by atoms with van der Waals surface area (Å²) < 4.78 is 5.60. The van der Waals surface area contributed by atoms with E-state index in [0.29, 0.717) is 5.75 Å². The molecule has 0 aromatic heterocycles. The van der Waals surface area contributed by atoms with E-state index in [1.165, 1.54) is 0 Å². The third-order valence-corrected chi connectivity index (χ3v) is 3.60. The number of amides is 2. The zero-order valence-electron chi connectivity index (χ0n) is 12.6. The molecule has 2 amide bonds. The summed E-state index contributed by atoms with van der Waals surface area (Å²) in [6.07, 6.45) is 1.78. The second kappa shape index (κ2) is 6.96. The van der Waals surface area contributed by atoms with Gasteiger partial charge < -0.3 is 4.74 Å². The first-order valence-electron chi connectivity index (χ1n) is 7.60. The Morgan fingerprint density at radius 2 is 1.65 bits per heavy atom. The molecule has 118 valence electrons. The zero-order valence-corrected chi connectivity index (χ0v) is 12.6. The largest absolute Gasteiger partial charge is 0.483 e. The van der Waals surface area contributed by atoms with Crippen LogP contribution in [0.5, 0.6) is 5.75 Å². The number of benzene rings is 2. The van der Waals surface area contributed by atoms with Gasteiger partial charge in [-0.1, -0.05) is 48.5 Å². The highest BCUT2D eigenvalue weighted by Crippen LogP contribution is 2.29. The van der Waals surface area contributed by atoms with E-state index in [9.17, 15) is 9.59 Å². The molecule has 5 heteroatoms. The maximum Gasteiger partial charge on any atom is 0.276 e. The summed E-state index contributed by atoms with van der Waals surface area (Å²) in [5, 5.41) is 0. The first kappa shape index (κ1) is 15.1. The summed E-state index contributed by atoms with van der Waals surface area (Å²) in [6, 6.07) is 17.4. The van der Waals surface area contributed by atoms with Crippen molar-refractivity contribution in [3.63, 3.8) is 0 Å². The molecule has 1 fully saturated rings. The lowest BCUT2D eigenvalue weighted by atomic mass is 10.1. The molecule has 1 aliphatic rings. The molecule has 3 rings (SSSR count). The SMILES string of the molecule is O=C(COc1ccccc1-c1ccccc1)NNC(=O)C1CC1. The molecule has 0 spiro atoms. The van der Waals surface area contributed by atoms with Gasteiger partial charge in [-0.2, -0.15) is 0 Å². The van der Waals surface area contributed by atoms with Crippen LogP contribution in [-0.2, 0) is 9.59 Å². The summed E-state index contributed by atoms with van der Waals surface area (Å²) in [5.41, 5.74) is 6.72. The van der Waals surface area contributed by atoms with Crippen LogP contribution in [0.2, 0.25) is 0 Å². The quantitative estimate of drug-likeness (QED) is 0.833. The number of nitrogens with one attached hydrogen (secondary N) is 2. The molecule has 0 saturated heterocycles. The molecule has 0 bridgehead atoms. The second-order valence-corrected chi connectivity index (χ2v) is 5.46. The topological polar surface area (TPSA) is 67.4 Å². The predicted molar refractivity (Wildman–Crippen MR) is 86.4 cm³/mol. The van der Waals surface area contributed by atoms with E-state index in [1.807, 2.05) is 54.6 Å². The minimum Gasteiger partial charge on any atom is -0.483 e. The van der Waals surface area contributed by atoms with Gasteiger partial charge in [-0.3, -0.25) is 20.4 Å². The average Bonchev–Trinajstić information content (AvgIpc) is 3.44. The van der Waals surface area contributed by atoms with E-state index in [2.05, 4.69) is 10.9 Å². The number of carbonyl (C=O) groups excluding carboxylic acids is 2. The van der Waals surface area contributed by atoms with Crippen molar-refractivity contribution in [3.8, 4) is 16.9 Å². The molecular weight excluding hydrogens is 292 g/mol. The first-order valence-corrected chi connectivity index (χ1v) is 7.60. The standard InChI is InChI=1S/C18H18N2O3/c21-17(19-20-18(22)14-10-11-14)12-23-16-9-5-4-8-15(16)13-6-2-1-3-7-13/h1-9,14H,10-12H2,(H,19,21)(H,20,22). The third kappa shape index (κ3) is 4.10. The van der Waals surface area contributed by atoms with Crippen LogP contribution in [0.3, 0.4) is 0 Å². The van der Waals surface area contributed by atoms with Crippen molar-refractivity contribution in [2.24, 2.45) is 5.92 Å². The van der Waals surface area contributed by atoms with Gasteiger partial charge in [0.05, 0.1) is 0 Å². The fourth-order valence-corrected chi connectivity index (χ4v) is 2.21. The molecule has 5 nitrogen and oxygen atoms in total. The van der Waals surface area contributed by atoms with E-state index in [4.69, 9.17) is 4.74 Å². The number of hydrogen-bond acceptors (Lipinski definition) is 3. The lowest BCUT2D eigenvalue weighted by molar-refractivity contribution is -0.130. The molecule has 1 aliphatic carbocycles. The fraction of sp³-hybridized carbons (Fsp3) is 0.222. The van der Waals surface area contributed by atoms with Crippen molar-refractivity contribution in [2.75, 3.05) is 6.61 Å². The molecule has 2 aromatic carbocycles. The number of carbonyl (C=O) groups is 2. The predicted octanol–water partition coefficient (Wildman–Crippen LogP) is 2.29. The minimum atomic E-state index is -0.387. The molecule has 2 aromatic rings. The lowest BCUT2D eigenvalue weighted by Crippen LogP contribution is -2.44. The summed E-state index contributed by atoms with van der Waals surface area (Å²) in [7, 11) is 0. The Kier molecular flexibility index (Phi) is 4.57. The molecule has 0 unspecified atom stereocenters. The molecule has 0 atom stereocenters. The molecule has 23 heavy (non-hydrogen) atoms. The Hall–Kier alpha value is -2.82. The highest BCUT2D eigenvalue weighted by atomic mass is 16.5. The second-order valence-electron chi connectivity index (χ2n) is 5.46. The van der Waals surface area contributed by atoms with Gasteiger partial charge >= 0.3 is 0 Å². The molecule has 0 heterocycles. The fourth-order valence-electron chi connectivity index (χ4n) is 2.21. The van der Waals surface area contributed by atoms with Crippen molar-refractivity contribution in [1.29, 1.82) is 0 Å². The van der Waals surface area contributed by atoms with Crippen molar-refractivity contribution in [2.45, 2.75) is 12.8 Å². The van der Waals surface area contributed by atoms with Gasteiger partial charge in [-0.05, 0) is 24.5 Å². The van der Waals surface area contributed by atoms with Gasteiger partial charge in [0.25, 0.3) is 5.91 Å². The maximum absolute atomic E-state index is 11.8. The van der Waals surface area contributed by atoms with Crippen LogP contribution < -0.4 is 15.6 Å². The van der Waals surface area contributed by atoms with E-state index >= 15 is 0 Å². The summed E-state index contributed by atoms with van der Waals surface area (Å²) >= 11 is 0. The Morgan fingerprint density at radius 1 is 0.957 bits per heavy atom.